The Hall–Kier alpha value is -5.37. The second kappa shape index (κ2) is 51.7. The molecule has 1 aromatic carbocycles. The van der Waals surface area contributed by atoms with Crippen LogP contribution >= 0.6 is 0 Å². The summed E-state index contributed by atoms with van der Waals surface area (Å²) in [7, 11) is 2.16. The van der Waals surface area contributed by atoms with Crippen molar-refractivity contribution in [2.75, 3.05) is 50.8 Å². The maximum atomic E-state index is 12.5. The van der Waals surface area contributed by atoms with Crippen LogP contribution in [0.1, 0.15) is 275 Å². The predicted molar refractivity (Wildman–Crippen MR) is 355 cm³/mol. The lowest BCUT2D eigenvalue weighted by molar-refractivity contribution is -0.172. The van der Waals surface area contributed by atoms with Crippen LogP contribution < -0.4 is 38.8 Å². The highest BCUT2D eigenvalue weighted by Gasteiger charge is 2.21. The fourth-order valence-corrected chi connectivity index (χ4v) is 10.7. The largest absolute Gasteiger partial charge is 0.483 e. The number of aromatic nitrogens is 4. The van der Waals surface area contributed by atoms with E-state index in [2.05, 4.69) is 82.5 Å². The van der Waals surface area contributed by atoms with E-state index in [1.807, 2.05) is 0 Å². The average Bonchev–Trinajstić information content (AvgIpc) is 2.22. The Bertz CT molecular complexity index is 2250. The van der Waals surface area contributed by atoms with E-state index in [1.165, 1.54) is 167 Å². The molecule has 0 fully saturated rings. The van der Waals surface area contributed by atoms with E-state index in [0.717, 1.165) is 69.1 Å². The number of aliphatic hydroxyl groups is 2. The van der Waals surface area contributed by atoms with Gasteiger partial charge in [0.05, 0.1) is 25.0 Å². The number of nitrogens with two attached hydrogens (primary N) is 3. The summed E-state index contributed by atoms with van der Waals surface area (Å²) in [4.78, 5) is 62.3. The molecule has 2 aromatic heterocycles. The van der Waals surface area contributed by atoms with E-state index in [1.54, 1.807) is 35.5 Å². The van der Waals surface area contributed by atoms with Crippen LogP contribution in [0.5, 0.6) is 0 Å². The van der Waals surface area contributed by atoms with E-state index in [4.69, 9.17) is 27.2 Å². The molecule has 0 saturated carbocycles. The number of anilines is 2. The molecule has 2 unspecified atom stereocenters. The van der Waals surface area contributed by atoms with Gasteiger partial charge in [-0.05, 0) is 101 Å². The number of hydrazine groups is 1. The minimum atomic E-state index is -1.43. The molecular weight excluding hydrogens is 1080 g/mol. The van der Waals surface area contributed by atoms with Crippen molar-refractivity contribution in [3.63, 3.8) is 0 Å². The van der Waals surface area contributed by atoms with E-state index < -0.39 is 11.3 Å². The number of fused-ring (bicyclic) bond motifs is 1. The smallest absolute Gasteiger partial charge is 0.290 e. The highest BCUT2D eigenvalue weighted by atomic mass is 16.5. The van der Waals surface area contributed by atoms with Crippen molar-refractivity contribution in [2.24, 2.45) is 23.4 Å². The Morgan fingerprint density at radius 3 is 1.74 bits per heavy atom. The monoisotopic (exact) mass is 1210 g/mol. The number of rotatable bonds is 50. The summed E-state index contributed by atoms with van der Waals surface area (Å²) in [5, 5.41) is 37.9. The van der Waals surface area contributed by atoms with Crippen molar-refractivity contribution in [1.29, 1.82) is 0 Å². The van der Waals surface area contributed by atoms with Crippen molar-refractivity contribution in [3.8, 4) is 0 Å². The minimum absolute atomic E-state index is 0.0191. The van der Waals surface area contributed by atoms with Gasteiger partial charge in [-0.3, -0.25) is 24.2 Å². The molecule has 19 nitrogen and oxygen atoms in total. The molecule has 2 amide bonds. The van der Waals surface area contributed by atoms with Crippen LogP contribution in [-0.4, -0.2) is 109 Å². The fourth-order valence-electron chi connectivity index (χ4n) is 10.7. The zero-order valence-electron chi connectivity index (χ0n) is 54.6. The van der Waals surface area contributed by atoms with Crippen LogP contribution in [0.25, 0.3) is 11.2 Å². The van der Waals surface area contributed by atoms with E-state index in [-0.39, 0.29) is 48.4 Å². The lowest BCUT2D eigenvalue weighted by Crippen LogP contribution is -2.32. The van der Waals surface area contributed by atoms with Gasteiger partial charge in [0.15, 0.2) is 17.0 Å². The second-order valence-corrected chi connectivity index (χ2v) is 24.2. The molecule has 86 heavy (non-hydrogen) atoms. The van der Waals surface area contributed by atoms with Gasteiger partial charge in [0.2, 0.25) is 11.9 Å². The third-order valence-corrected chi connectivity index (χ3v) is 15.7. The number of benzene rings is 1. The molecule has 0 aliphatic heterocycles. The van der Waals surface area contributed by atoms with E-state index in [0.29, 0.717) is 55.9 Å². The Morgan fingerprint density at radius 2 is 1.19 bits per heavy atom. The molecule has 0 saturated heterocycles. The van der Waals surface area contributed by atoms with Gasteiger partial charge in [0.1, 0.15) is 0 Å². The molecule has 3 rings (SSSR count). The van der Waals surface area contributed by atoms with Gasteiger partial charge < -0.3 is 52.6 Å². The van der Waals surface area contributed by atoms with Crippen LogP contribution in [0.3, 0.4) is 0 Å². The van der Waals surface area contributed by atoms with Crippen LogP contribution in [0.15, 0.2) is 47.2 Å². The molecule has 0 radical (unpaired) electrons. The van der Waals surface area contributed by atoms with Crippen molar-refractivity contribution >= 4 is 41.1 Å². The number of carbonyl (C=O) groups excluding carboxylic acids is 2. The first-order valence-electron chi connectivity index (χ1n) is 33.6. The highest BCUT2D eigenvalue weighted by molar-refractivity contribution is 5.94. The number of hydrogen-bond donors (Lipinski definition) is 10. The average molecular weight is 1210 g/mol. The molecule has 0 aliphatic carbocycles. The topological polar surface area (TPSA) is 304 Å². The first-order valence-corrected chi connectivity index (χ1v) is 33.6. The zero-order chi connectivity index (χ0) is 63.5. The quantitative estimate of drug-likeness (QED) is 0.00826. The molecule has 2 heterocycles. The molecular formula is C67H122N12O7. The number of unbranched alkanes of at least 4 members (excludes halogenated alkanes) is 23. The second-order valence-electron chi connectivity index (χ2n) is 24.2. The van der Waals surface area contributed by atoms with Crippen LogP contribution in [0, 0.1) is 11.8 Å². The molecule has 2 atom stereocenters. The number of carboxylic acid groups (broad SMARTS) is 1. The molecule has 13 N–H and O–H groups in total. The summed E-state index contributed by atoms with van der Waals surface area (Å²) in [6.45, 7) is 15.2. The summed E-state index contributed by atoms with van der Waals surface area (Å²) in [5.41, 5.74) is 13.6. The highest BCUT2D eigenvalue weighted by Crippen LogP contribution is 2.24. The first-order chi connectivity index (χ1) is 41.5. The van der Waals surface area contributed by atoms with Crippen molar-refractivity contribution in [1.82, 2.24) is 40.5 Å². The first kappa shape index (κ1) is 78.6. The number of nitrogens with zero attached hydrogens (tertiary/aromatic N) is 5. The summed E-state index contributed by atoms with van der Waals surface area (Å²) in [6.07, 6.45) is 45.1. The maximum absolute atomic E-state index is 12.5. The van der Waals surface area contributed by atoms with E-state index >= 15 is 0 Å². The number of nitrogens with one attached hydrogen (secondary N) is 4. The molecule has 19 heteroatoms. The number of H-pyrrole nitrogens is 1. The number of hydrogen-bond acceptors (Lipinski definition) is 15. The van der Waals surface area contributed by atoms with Gasteiger partial charge in [-0.15, -0.1) is 0 Å². The summed E-state index contributed by atoms with van der Waals surface area (Å²) in [6, 6.07) is 6.91. The zero-order valence-corrected chi connectivity index (χ0v) is 54.6. The maximum Gasteiger partial charge on any atom is 0.290 e. The van der Waals surface area contributed by atoms with Crippen molar-refractivity contribution < 1.29 is 29.7 Å². The Labute approximate surface area is 519 Å². The lowest BCUT2D eigenvalue weighted by atomic mass is 9.89. The molecule has 3 aromatic rings. The molecule has 0 aliphatic rings. The predicted octanol–water partition coefficient (Wildman–Crippen LogP) is 13.0. The number of amides is 2. The van der Waals surface area contributed by atoms with Crippen LogP contribution in [0.2, 0.25) is 0 Å². The van der Waals surface area contributed by atoms with E-state index in [9.17, 15) is 24.6 Å². The van der Waals surface area contributed by atoms with Crippen molar-refractivity contribution in [3.05, 3.63) is 64.0 Å². The standard InChI is InChI=1S/C35H72O2.C31H48N12O3.CH2O2/c1-5-7-9-10-11-12-13-14-15-16-17-19-22-26-30-35(36,37)31-27-23-20-18-21-25-29-34(4)32-33(3)28-24-8-6-2;1-3-15-42(2)16-6-4-5-7-17-43(34)21-23(32)18-37-26(44)9-8-14-35-29(45)22-10-12-24(13-11-22)36-19-25-20-38-28-27(39-25)30(46)41-31(33)40-28;2-1-3/h33-34,36-37H,5-32H2,1-4H3;10-13,20-21,36H,3-9,14-19,32,34H2,1-2H3,(H,35,45)(H,37,44)(H3,33,38,40,41,46);1H,(H,2,3)/b;23-21-;. The van der Waals surface area contributed by atoms with Gasteiger partial charge in [0.25, 0.3) is 17.9 Å². The van der Waals surface area contributed by atoms with Gasteiger partial charge in [0, 0.05) is 55.5 Å². The summed E-state index contributed by atoms with van der Waals surface area (Å²) < 4.78 is 0. The third-order valence-electron chi connectivity index (χ3n) is 15.7. The number of carbonyl (C=O) groups is 3. The molecule has 0 spiro atoms. The van der Waals surface area contributed by atoms with Gasteiger partial charge in [-0.2, -0.15) is 4.98 Å². The Morgan fingerprint density at radius 1 is 0.686 bits per heavy atom. The molecule has 0 bridgehead atoms. The summed E-state index contributed by atoms with van der Waals surface area (Å²) >= 11 is 0. The number of nitrogen functional groups attached to an aromatic ring is 1. The fraction of sp³-hybridized carbons (Fsp3) is 0.746. The Kier molecular flexibility index (Phi) is 47.2. The van der Waals surface area contributed by atoms with Crippen LogP contribution in [0.4, 0.5) is 11.6 Å². The van der Waals surface area contributed by atoms with Gasteiger partial charge in [-0.25, -0.2) is 15.8 Å². The van der Waals surface area contributed by atoms with Gasteiger partial charge in [-0.1, -0.05) is 195 Å². The summed E-state index contributed by atoms with van der Waals surface area (Å²) in [5.74, 6) is 5.94. The van der Waals surface area contributed by atoms with Crippen molar-refractivity contribution in [2.45, 2.75) is 272 Å². The Balaban J connectivity index is 0.000000842. The van der Waals surface area contributed by atoms with Gasteiger partial charge >= 0.3 is 0 Å². The normalized spacial score (nSPS) is 12.2. The number of aromatic amines is 1. The third kappa shape index (κ3) is 43.3. The lowest BCUT2D eigenvalue weighted by Gasteiger charge is -2.21. The van der Waals surface area contributed by atoms with Crippen LogP contribution in [-0.2, 0) is 16.1 Å². The SMILES string of the molecule is CCCCCCCCCCCCCCCCC(O)(O)CCCCCCCCC(C)CC(C)CCCCC.CCCN(C)CCCCCCN(N)/C=C(\N)CNC(=O)CCCNC(=O)c1ccc(NCc2cnc3nc(N)[nH]c(=O)c3n2)cc1.O=CO. The molecule has 492 valence electrons. The minimum Gasteiger partial charge on any atom is -0.483 e.